The molecule has 0 heterocycles. The summed E-state index contributed by atoms with van der Waals surface area (Å²) >= 11 is 0. The summed E-state index contributed by atoms with van der Waals surface area (Å²) in [6.45, 7) is 3.86. The summed E-state index contributed by atoms with van der Waals surface area (Å²) in [5.74, 6) is -0.682. The van der Waals surface area contributed by atoms with E-state index in [4.69, 9.17) is 4.74 Å². The topological polar surface area (TPSA) is 75.6 Å². The van der Waals surface area contributed by atoms with Crippen molar-refractivity contribution in [3.8, 4) is 5.75 Å². The van der Waals surface area contributed by atoms with E-state index in [1.54, 1.807) is 6.07 Å². The van der Waals surface area contributed by atoms with Gasteiger partial charge in [0.05, 0.1) is 12.5 Å². The van der Waals surface area contributed by atoms with Crippen LogP contribution >= 0.6 is 0 Å². The minimum Gasteiger partial charge on any atom is -0.491 e. The molecule has 2 rings (SSSR count). The van der Waals surface area contributed by atoms with Crippen molar-refractivity contribution in [2.45, 2.75) is 38.8 Å². The van der Waals surface area contributed by atoms with Crippen LogP contribution in [0.15, 0.2) is 54.6 Å². The van der Waals surface area contributed by atoms with Gasteiger partial charge in [-0.25, -0.2) is 4.79 Å². The highest BCUT2D eigenvalue weighted by atomic mass is 16.5. The largest absolute Gasteiger partial charge is 0.491 e. The van der Waals surface area contributed by atoms with Crippen LogP contribution in [0.3, 0.4) is 0 Å². The first-order valence-corrected chi connectivity index (χ1v) is 8.25. The van der Waals surface area contributed by atoms with Crippen LogP contribution < -0.4 is 10.1 Å². The molecular weight excluding hydrogens is 318 g/mol. The molecule has 5 nitrogen and oxygen atoms in total. The van der Waals surface area contributed by atoms with E-state index in [0.717, 1.165) is 11.1 Å². The molecule has 0 fully saturated rings. The van der Waals surface area contributed by atoms with Gasteiger partial charge in [0.1, 0.15) is 11.8 Å². The fraction of sp³-hybridized carbons (Fsp3) is 0.300. The lowest BCUT2D eigenvalue weighted by atomic mass is 10.1. The third-order valence-corrected chi connectivity index (χ3v) is 3.55. The molecule has 0 unspecified atom stereocenters. The van der Waals surface area contributed by atoms with Gasteiger partial charge < -0.3 is 15.2 Å². The monoisotopic (exact) mass is 341 g/mol. The van der Waals surface area contributed by atoms with E-state index in [-0.39, 0.29) is 24.9 Å². The molecule has 0 saturated heterocycles. The maximum atomic E-state index is 12.2. The van der Waals surface area contributed by atoms with Crippen molar-refractivity contribution in [2.24, 2.45) is 0 Å². The summed E-state index contributed by atoms with van der Waals surface area (Å²) < 4.78 is 5.61. The fourth-order valence-electron chi connectivity index (χ4n) is 2.48. The highest BCUT2D eigenvalue weighted by molar-refractivity contribution is 5.85. The minimum absolute atomic E-state index is 0.0475. The molecule has 5 heteroatoms. The Labute approximate surface area is 147 Å². The van der Waals surface area contributed by atoms with Crippen molar-refractivity contribution in [3.05, 3.63) is 65.7 Å². The van der Waals surface area contributed by atoms with Crippen molar-refractivity contribution >= 4 is 11.9 Å². The molecule has 0 aliphatic heterocycles. The minimum atomic E-state index is -1.05. The van der Waals surface area contributed by atoms with E-state index in [2.05, 4.69) is 5.32 Å². The number of hydrogen-bond acceptors (Lipinski definition) is 3. The molecule has 132 valence electrons. The van der Waals surface area contributed by atoms with Gasteiger partial charge in [-0.05, 0) is 37.1 Å². The molecule has 0 saturated carbocycles. The van der Waals surface area contributed by atoms with Crippen molar-refractivity contribution < 1.29 is 19.4 Å². The van der Waals surface area contributed by atoms with Crippen LogP contribution in [0.1, 0.15) is 25.0 Å². The van der Waals surface area contributed by atoms with Crippen LogP contribution in [0.5, 0.6) is 5.75 Å². The molecule has 0 aliphatic carbocycles. The molecule has 0 spiro atoms. The lowest BCUT2D eigenvalue weighted by Crippen LogP contribution is -2.43. The van der Waals surface area contributed by atoms with E-state index in [1.165, 1.54) is 0 Å². The van der Waals surface area contributed by atoms with Crippen LogP contribution in [0.4, 0.5) is 0 Å². The molecular formula is C20H23NO4. The Balaban J connectivity index is 1.98. The predicted molar refractivity (Wildman–Crippen MR) is 95.6 cm³/mol. The van der Waals surface area contributed by atoms with Crippen LogP contribution in [0, 0.1) is 0 Å². The SMILES string of the molecule is CC(C)Oc1cccc(CC(=O)N[C@@H](Cc2ccccc2)C(=O)O)c1. The average molecular weight is 341 g/mol. The lowest BCUT2D eigenvalue weighted by molar-refractivity contribution is -0.141. The van der Waals surface area contributed by atoms with Gasteiger partial charge >= 0.3 is 5.97 Å². The molecule has 0 aliphatic rings. The Kier molecular flexibility index (Phi) is 6.57. The van der Waals surface area contributed by atoms with Crippen LogP contribution in [-0.4, -0.2) is 29.1 Å². The smallest absolute Gasteiger partial charge is 0.326 e. The zero-order chi connectivity index (χ0) is 18.2. The quantitative estimate of drug-likeness (QED) is 0.774. The van der Waals surface area contributed by atoms with E-state index in [1.807, 2.05) is 62.4 Å². The predicted octanol–water partition coefficient (Wildman–Crippen LogP) is 2.83. The molecule has 2 aromatic carbocycles. The van der Waals surface area contributed by atoms with Gasteiger partial charge in [0.2, 0.25) is 5.91 Å². The Bertz CT molecular complexity index is 713. The van der Waals surface area contributed by atoms with Crippen molar-refractivity contribution in [1.82, 2.24) is 5.32 Å². The van der Waals surface area contributed by atoms with Crippen LogP contribution in [0.2, 0.25) is 0 Å². The van der Waals surface area contributed by atoms with Gasteiger partial charge in [0.25, 0.3) is 0 Å². The molecule has 2 N–H and O–H groups in total. The second kappa shape index (κ2) is 8.87. The number of carboxylic acids is 1. The zero-order valence-corrected chi connectivity index (χ0v) is 14.4. The summed E-state index contributed by atoms with van der Waals surface area (Å²) in [6, 6.07) is 15.5. The molecule has 0 radical (unpaired) electrons. The number of hydrogen-bond donors (Lipinski definition) is 2. The molecule has 2 aromatic rings. The number of carbonyl (C=O) groups is 2. The second-order valence-corrected chi connectivity index (χ2v) is 6.14. The summed E-state index contributed by atoms with van der Waals surface area (Å²) in [6.07, 6.45) is 0.401. The van der Waals surface area contributed by atoms with Gasteiger partial charge in [-0.1, -0.05) is 42.5 Å². The Hall–Kier alpha value is -2.82. The summed E-state index contributed by atoms with van der Waals surface area (Å²) in [4.78, 5) is 23.7. The highest BCUT2D eigenvalue weighted by Gasteiger charge is 2.20. The van der Waals surface area contributed by atoms with Crippen molar-refractivity contribution in [3.63, 3.8) is 0 Å². The van der Waals surface area contributed by atoms with Crippen molar-refractivity contribution in [1.29, 1.82) is 0 Å². The maximum Gasteiger partial charge on any atom is 0.326 e. The van der Waals surface area contributed by atoms with Crippen LogP contribution in [0.25, 0.3) is 0 Å². The molecule has 0 aromatic heterocycles. The third kappa shape index (κ3) is 6.30. The Morgan fingerprint density at radius 1 is 1.04 bits per heavy atom. The maximum absolute atomic E-state index is 12.2. The molecule has 0 bridgehead atoms. The zero-order valence-electron chi connectivity index (χ0n) is 14.4. The number of carboxylic acid groups (broad SMARTS) is 1. The molecule has 1 atom stereocenters. The fourth-order valence-corrected chi connectivity index (χ4v) is 2.48. The first kappa shape index (κ1) is 18.5. The summed E-state index contributed by atoms with van der Waals surface area (Å²) in [5, 5.41) is 12.0. The van der Waals surface area contributed by atoms with E-state index >= 15 is 0 Å². The van der Waals surface area contributed by atoms with Gasteiger partial charge in [0, 0.05) is 6.42 Å². The van der Waals surface area contributed by atoms with E-state index < -0.39 is 12.0 Å². The van der Waals surface area contributed by atoms with Crippen LogP contribution in [-0.2, 0) is 22.4 Å². The first-order chi connectivity index (χ1) is 11.9. The Morgan fingerprint density at radius 3 is 2.36 bits per heavy atom. The van der Waals surface area contributed by atoms with Crippen molar-refractivity contribution in [2.75, 3.05) is 0 Å². The van der Waals surface area contributed by atoms with Gasteiger partial charge in [-0.15, -0.1) is 0 Å². The summed E-state index contributed by atoms with van der Waals surface area (Å²) in [7, 11) is 0. The second-order valence-electron chi connectivity index (χ2n) is 6.14. The van der Waals surface area contributed by atoms with Gasteiger partial charge in [0.15, 0.2) is 0 Å². The standard InChI is InChI=1S/C20H23NO4/c1-14(2)25-17-10-6-9-16(11-17)13-19(22)21-18(20(23)24)12-15-7-4-3-5-8-15/h3-11,14,18H,12-13H2,1-2H3,(H,21,22)(H,23,24)/t18-/m0/s1. The van der Waals surface area contributed by atoms with E-state index in [9.17, 15) is 14.7 Å². The Morgan fingerprint density at radius 2 is 1.72 bits per heavy atom. The number of amides is 1. The first-order valence-electron chi connectivity index (χ1n) is 8.25. The summed E-state index contributed by atoms with van der Waals surface area (Å²) in [5.41, 5.74) is 1.64. The molecule has 1 amide bonds. The average Bonchev–Trinajstić information content (AvgIpc) is 2.54. The van der Waals surface area contributed by atoms with E-state index in [0.29, 0.717) is 5.75 Å². The number of carbonyl (C=O) groups excluding carboxylic acids is 1. The number of benzene rings is 2. The normalized spacial score (nSPS) is 11.8. The van der Waals surface area contributed by atoms with Gasteiger partial charge in [-0.3, -0.25) is 4.79 Å². The lowest BCUT2D eigenvalue weighted by Gasteiger charge is -2.15. The highest BCUT2D eigenvalue weighted by Crippen LogP contribution is 2.15. The number of nitrogens with one attached hydrogen (secondary N) is 1. The molecule has 25 heavy (non-hydrogen) atoms. The van der Waals surface area contributed by atoms with Gasteiger partial charge in [-0.2, -0.15) is 0 Å². The third-order valence-electron chi connectivity index (χ3n) is 3.55. The number of aliphatic carboxylic acids is 1. The number of rotatable bonds is 8. The number of ether oxygens (including phenoxy) is 1.